The molecular weight excluding hydrogens is 188 g/mol. The quantitative estimate of drug-likeness (QED) is 0.692. The van der Waals surface area contributed by atoms with Crippen LogP contribution < -0.4 is 5.73 Å². The summed E-state index contributed by atoms with van der Waals surface area (Å²) in [4.78, 5) is 14.3. The van der Waals surface area contributed by atoms with Crippen LogP contribution >= 0.6 is 0 Å². The number of nitrogens with zero attached hydrogens (tertiary/aromatic N) is 1. The molecule has 0 atom stereocenters. The molecule has 0 aliphatic heterocycles. The van der Waals surface area contributed by atoms with Gasteiger partial charge in [-0.15, -0.1) is 6.58 Å². The van der Waals surface area contributed by atoms with E-state index in [-0.39, 0.29) is 11.3 Å². The van der Waals surface area contributed by atoms with Gasteiger partial charge in [-0.3, -0.25) is 4.79 Å². The molecule has 1 amide bonds. The van der Waals surface area contributed by atoms with Gasteiger partial charge in [0.15, 0.2) is 0 Å². The minimum Gasteiger partial charge on any atom is -0.335 e. The van der Waals surface area contributed by atoms with Gasteiger partial charge < -0.3 is 10.6 Å². The number of carbonyl (C=O) groups is 1. The third kappa shape index (κ3) is 1.81. The van der Waals surface area contributed by atoms with Crippen LogP contribution in [0.4, 0.5) is 0 Å². The maximum Gasteiger partial charge on any atom is 0.230 e. The molecule has 2 fully saturated rings. The first-order chi connectivity index (χ1) is 7.23. The molecule has 0 aromatic carbocycles. The SMILES string of the molecule is C=CCN(C(=O)C1(CN)CCC1)C1CC1. The van der Waals surface area contributed by atoms with Crippen molar-refractivity contribution in [2.24, 2.45) is 11.1 Å². The van der Waals surface area contributed by atoms with Gasteiger partial charge in [-0.25, -0.2) is 0 Å². The first-order valence-electron chi connectivity index (χ1n) is 5.85. The highest BCUT2D eigenvalue weighted by atomic mass is 16.2. The van der Waals surface area contributed by atoms with Crippen molar-refractivity contribution in [3.63, 3.8) is 0 Å². The van der Waals surface area contributed by atoms with E-state index in [0.29, 0.717) is 19.1 Å². The summed E-state index contributed by atoms with van der Waals surface area (Å²) in [5.74, 6) is 0.277. The van der Waals surface area contributed by atoms with Crippen molar-refractivity contribution in [1.29, 1.82) is 0 Å². The van der Waals surface area contributed by atoms with Crippen molar-refractivity contribution in [1.82, 2.24) is 4.90 Å². The smallest absolute Gasteiger partial charge is 0.230 e. The van der Waals surface area contributed by atoms with Gasteiger partial charge in [0.05, 0.1) is 5.41 Å². The van der Waals surface area contributed by atoms with Crippen LogP contribution in [0.3, 0.4) is 0 Å². The lowest BCUT2D eigenvalue weighted by atomic mass is 9.67. The molecule has 0 aromatic heterocycles. The minimum atomic E-state index is -0.217. The summed E-state index contributed by atoms with van der Waals surface area (Å²) < 4.78 is 0. The number of hydrogen-bond donors (Lipinski definition) is 1. The van der Waals surface area contributed by atoms with Crippen molar-refractivity contribution in [2.45, 2.75) is 38.1 Å². The Bertz CT molecular complexity index is 261. The van der Waals surface area contributed by atoms with Crippen molar-refractivity contribution < 1.29 is 4.79 Å². The van der Waals surface area contributed by atoms with E-state index in [1.54, 1.807) is 0 Å². The van der Waals surface area contributed by atoms with Crippen LogP contribution in [0.2, 0.25) is 0 Å². The zero-order valence-electron chi connectivity index (χ0n) is 9.24. The Balaban J connectivity index is 2.05. The first-order valence-corrected chi connectivity index (χ1v) is 5.85. The van der Waals surface area contributed by atoms with E-state index < -0.39 is 0 Å². The highest BCUT2D eigenvalue weighted by Gasteiger charge is 2.47. The van der Waals surface area contributed by atoms with Gasteiger partial charge >= 0.3 is 0 Å². The van der Waals surface area contributed by atoms with Gasteiger partial charge in [0, 0.05) is 19.1 Å². The number of rotatable bonds is 5. The van der Waals surface area contributed by atoms with E-state index in [4.69, 9.17) is 5.73 Å². The predicted octanol–water partition coefficient (Wildman–Crippen LogP) is 1.29. The lowest BCUT2D eigenvalue weighted by molar-refractivity contribution is -0.146. The summed E-state index contributed by atoms with van der Waals surface area (Å²) in [5, 5.41) is 0. The number of hydrogen-bond acceptors (Lipinski definition) is 2. The third-order valence-corrected chi connectivity index (χ3v) is 3.73. The molecule has 0 heterocycles. The van der Waals surface area contributed by atoms with Crippen molar-refractivity contribution in [3.8, 4) is 0 Å². The molecule has 0 unspecified atom stereocenters. The Hall–Kier alpha value is -0.830. The largest absolute Gasteiger partial charge is 0.335 e. The van der Waals surface area contributed by atoms with Gasteiger partial charge in [-0.2, -0.15) is 0 Å². The maximum atomic E-state index is 12.3. The first kappa shape index (κ1) is 10.7. The van der Waals surface area contributed by atoms with E-state index in [0.717, 1.165) is 32.1 Å². The third-order valence-electron chi connectivity index (χ3n) is 3.73. The van der Waals surface area contributed by atoms with E-state index in [2.05, 4.69) is 6.58 Å². The summed E-state index contributed by atoms with van der Waals surface area (Å²) >= 11 is 0. The van der Waals surface area contributed by atoms with Crippen molar-refractivity contribution >= 4 is 5.91 Å². The van der Waals surface area contributed by atoms with Crippen LogP contribution in [0.1, 0.15) is 32.1 Å². The normalized spacial score (nSPS) is 23.0. The van der Waals surface area contributed by atoms with Gasteiger partial charge in [0.2, 0.25) is 5.91 Å². The minimum absolute atomic E-state index is 0.217. The van der Waals surface area contributed by atoms with Crippen LogP contribution in [-0.4, -0.2) is 29.9 Å². The molecule has 2 saturated carbocycles. The van der Waals surface area contributed by atoms with Gasteiger partial charge in [-0.05, 0) is 25.7 Å². The second kappa shape index (κ2) is 3.97. The Morgan fingerprint density at radius 3 is 2.53 bits per heavy atom. The molecule has 3 nitrogen and oxygen atoms in total. The monoisotopic (exact) mass is 208 g/mol. The van der Waals surface area contributed by atoms with Crippen molar-refractivity contribution in [3.05, 3.63) is 12.7 Å². The molecule has 0 radical (unpaired) electrons. The topological polar surface area (TPSA) is 46.3 Å². The number of amides is 1. The summed E-state index contributed by atoms with van der Waals surface area (Å²) in [6.07, 6.45) is 7.22. The Kier molecular flexibility index (Phi) is 2.83. The molecule has 2 aliphatic carbocycles. The second-order valence-corrected chi connectivity index (χ2v) is 4.82. The van der Waals surface area contributed by atoms with E-state index in [9.17, 15) is 4.79 Å². The molecule has 3 heteroatoms. The molecule has 84 valence electrons. The lowest BCUT2D eigenvalue weighted by Crippen LogP contribution is -2.52. The lowest BCUT2D eigenvalue weighted by Gasteiger charge is -2.42. The molecule has 2 N–H and O–H groups in total. The van der Waals surface area contributed by atoms with Crippen LogP contribution in [0.25, 0.3) is 0 Å². The van der Waals surface area contributed by atoms with Gasteiger partial charge in [0.25, 0.3) is 0 Å². The van der Waals surface area contributed by atoms with Crippen LogP contribution in [0, 0.1) is 5.41 Å². The van der Waals surface area contributed by atoms with E-state index in [1.807, 2.05) is 11.0 Å². The molecule has 15 heavy (non-hydrogen) atoms. The molecule has 0 bridgehead atoms. The fourth-order valence-electron chi connectivity index (χ4n) is 2.34. The van der Waals surface area contributed by atoms with Crippen LogP contribution in [0.5, 0.6) is 0 Å². The average molecular weight is 208 g/mol. The summed E-state index contributed by atoms with van der Waals surface area (Å²) in [6, 6.07) is 0.472. The zero-order valence-corrected chi connectivity index (χ0v) is 9.24. The second-order valence-electron chi connectivity index (χ2n) is 4.82. The van der Waals surface area contributed by atoms with Gasteiger partial charge in [0.1, 0.15) is 0 Å². The van der Waals surface area contributed by atoms with Gasteiger partial charge in [-0.1, -0.05) is 12.5 Å². The molecular formula is C12H20N2O. The highest BCUT2D eigenvalue weighted by Crippen LogP contribution is 2.43. The fraction of sp³-hybridized carbons (Fsp3) is 0.750. The molecule has 2 rings (SSSR count). The van der Waals surface area contributed by atoms with E-state index >= 15 is 0 Å². The highest BCUT2D eigenvalue weighted by molar-refractivity contribution is 5.84. The van der Waals surface area contributed by atoms with Crippen LogP contribution in [-0.2, 0) is 4.79 Å². The molecule has 2 aliphatic rings. The Morgan fingerprint density at radius 1 is 1.53 bits per heavy atom. The summed E-state index contributed by atoms with van der Waals surface area (Å²) in [5.41, 5.74) is 5.53. The van der Waals surface area contributed by atoms with Crippen LogP contribution in [0.15, 0.2) is 12.7 Å². The number of nitrogens with two attached hydrogens (primary N) is 1. The molecule has 0 saturated heterocycles. The van der Waals surface area contributed by atoms with Crippen molar-refractivity contribution in [2.75, 3.05) is 13.1 Å². The van der Waals surface area contributed by atoms with E-state index in [1.165, 1.54) is 0 Å². The average Bonchev–Trinajstić information content (AvgIpc) is 2.96. The standard InChI is InChI=1S/C12H20N2O/c1-2-8-14(10-4-5-10)11(15)12(9-13)6-3-7-12/h2,10H,1,3-9,13H2. The summed E-state index contributed by atoms with van der Waals surface area (Å²) in [6.45, 7) is 4.91. The maximum absolute atomic E-state index is 12.3. The summed E-state index contributed by atoms with van der Waals surface area (Å²) in [7, 11) is 0. The fourth-order valence-corrected chi connectivity index (χ4v) is 2.34. The molecule has 0 spiro atoms. The predicted molar refractivity (Wildman–Crippen MR) is 60.3 cm³/mol. The number of carbonyl (C=O) groups excluding carboxylic acids is 1. The zero-order chi connectivity index (χ0) is 10.9. The molecule has 0 aromatic rings. The Morgan fingerprint density at radius 2 is 2.20 bits per heavy atom. The Labute approximate surface area is 91.3 Å².